The van der Waals surface area contributed by atoms with Crippen LogP contribution in [0.15, 0.2) is 17.7 Å². The molecular weight excluding hydrogens is 254 g/mol. The summed E-state index contributed by atoms with van der Waals surface area (Å²) in [7, 11) is 4.94. The van der Waals surface area contributed by atoms with E-state index in [4.69, 9.17) is 14.2 Å². The molecule has 0 aliphatic rings. The van der Waals surface area contributed by atoms with E-state index in [0.717, 1.165) is 42.3 Å². The molecule has 1 N–H and O–H groups in total. The van der Waals surface area contributed by atoms with Gasteiger partial charge in [0, 0.05) is 18.7 Å². The lowest BCUT2D eigenvalue weighted by Gasteiger charge is -2.14. The molecule has 4 nitrogen and oxygen atoms in total. The summed E-state index contributed by atoms with van der Waals surface area (Å²) in [6.07, 6.45) is 3.10. The van der Waals surface area contributed by atoms with E-state index in [0.29, 0.717) is 0 Å². The largest absolute Gasteiger partial charge is 0.496 e. The van der Waals surface area contributed by atoms with E-state index in [-0.39, 0.29) is 0 Å². The summed E-state index contributed by atoms with van der Waals surface area (Å²) < 4.78 is 16.2. The first-order chi connectivity index (χ1) is 9.69. The summed E-state index contributed by atoms with van der Waals surface area (Å²) in [4.78, 5) is 0. The lowest BCUT2D eigenvalue weighted by Crippen LogP contribution is -2.15. The van der Waals surface area contributed by atoms with E-state index in [1.807, 2.05) is 12.1 Å². The maximum absolute atomic E-state index is 5.46. The van der Waals surface area contributed by atoms with Gasteiger partial charge in [-0.2, -0.15) is 0 Å². The van der Waals surface area contributed by atoms with Crippen molar-refractivity contribution >= 4 is 6.08 Å². The normalized spacial score (nSPS) is 11.3. The highest BCUT2D eigenvalue weighted by atomic mass is 16.5. The summed E-state index contributed by atoms with van der Waals surface area (Å²) in [6.45, 7) is 6.06. The van der Waals surface area contributed by atoms with Crippen molar-refractivity contribution in [3.63, 3.8) is 0 Å². The molecule has 0 heterocycles. The van der Waals surface area contributed by atoms with Crippen LogP contribution in [0.1, 0.15) is 25.8 Å². The number of hydrogen-bond acceptors (Lipinski definition) is 4. The average molecular weight is 279 g/mol. The molecule has 1 rings (SSSR count). The van der Waals surface area contributed by atoms with Crippen LogP contribution in [0.3, 0.4) is 0 Å². The van der Waals surface area contributed by atoms with Crippen molar-refractivity contribution in [2.24, 2.45) is 0 Å². The molecule has 0 aliphatic heterocycles. The third-order valence-corrected chi connectivity index (χ3v) is 3.16. The van der Waals surface area contributed by atoms with Gasteiger partial charge in [-0.05, 0) is 19.0 Å². The van der Waals surface area contributed by atoms with Crippen LogP contribution < -0.4 is 19.5 Å². The Balaban J connectivity index is 3.22. The van der Waals surface area contributed by atoms with Crippen molar-refractivity contribution < 1.29 is 14.2 Å². The molecule has 20 heavy (non-hydrogen) atoms. The van der Waals surface area contributed by atoms with Crippen molar-refractivity contribution in [3.05, 3.63) is 23.3 Å². The summed E-state index contributed by atoms with van der Waals surface area (Å²) in [6, 6.07) is 3.74. The van der Waals surface area contributed by atoms with Gasteiger partial charge in [-0.1, -0.05) is 19.4 Å². The predicted octanol–water partition coefficient (Wildman–Crippen LogP) is 3.12. The zero-order valence-corrected chi connectivity index (χ0v) is 13.1. The molecule has 1 aromatic carbocycles. The molecule has 0 radical (unpaired) electrons. The van der Waals surface area contributed by atoms with E-state index in [1.165, 1.54) is 5.57 Å². The van der Waals surface area contributed by atoms with Crippen LogP contribution in [0.4, 0.5) is 0 Å². The SMILES string of the molecule is CCNCC(=Cc1c(OC)cc(OC)cc1OC)CC. The highest BCUT2D eigenvalue weighted by molar-refractivity contribution is 5.68. The minimum Gasteiger partial charge on any atom is -0.496 e. The van der Waals surface area contributed by atoms with Crippen LogP contribution in [0.25, 0.3) is 6.08 Å². The molecule has 0 bridgehead atoms. The van der Waals surface area contributed by atoms with Crippen molar-refractivity contribution in [2.45, 2.75) is 20.3 Å². The molecular formula is C16H25NO3. The van der Waals surface area contributed by atoms with Crippen LogP contribution >= 0.6 is 0 Å². The Hall–Kier alpha value is -1.68. The lowest BCUT2D eigenvalue weighted by molar-refractivity contribution is 0.374. The van der Waals surface area contributed by atoms with Crippen LogP contribution in [-0.4, -0.2) is 34.4 Å². The molecule has 0 aliphatic carbocycles. The molecule has 0 aromatic heterocycles. The van der Waals surface area contributed by atoms with Gasteiger partial charge in [-0.15, -0.1) is 0 Å². The highest BCUT2D eigenvalue weighted by Crippen LogP contribution is 2.35. The maximum Gasteiger partial charge on any atom is 0.133 e. The fourth-order valence-corrected chi connectivity index (χ4v) is 1.94. The number of hydrogen-bond donors (Lipinski definition) is 1. The Labute approximate surface area is 121 Å². The van der Waals surface area contributed by atoms with Gasteiger partial charge in [0.05, 0.1) is 26.9 Å². The molecule has 0 amide bonds. The minimum atomic E-state index is 0.723. The average Bonchev–Trinajstić information content (AvgIpc) is 2.50. The second-order valence-electron chi connectivity index (χ2n) is 4.38. The monoisotopic (exact) mass is 279 g/mol. The van der Waals surface area contributed by atoms with Crippen molar-refractivity contribution in [1.29, 1.82) is 0 Å². The molecule has 112 valence electrons. The van der Waals surface area contributed by atoms with E-state index in [9.17, 15) is 0 Å². The van der Waals surface area contributed by atoms with Gasteiger partial charge < -0.3 is 19.5 Å². The van der Waals surface area contributed by atoms with Crippen molar-refractivity contribution in [2.75, 3.05) is 34.4 Å². The Kier molecular flexibility index (Phi) is 6.94. The number of methoxy groups -OCH3 is 3. The molecule has 4 heteroatoms. The molecule has 0 atom stereocenters. The third kappa shape index (κ3) is 4.17. The Morgan fingerprint density at radius 3 is 2.05 bits per heavy atom. The number of benzene rings is 1. The lowest BCUT2D eigenvalue weighted by atomic mass is 10.1. The zero-order valence-electron chi connectivity index (χ0n) is 13.1. The quantitative estimate of drug-likeness (QED) is 0.793. The van der Waals surface area contributed by atoms with Gasteiger partial charge in [-0.25, -0.2) is 0 Å². The summed E-state index contributed by atoms with van der Waals surface area (Å²) in [5.74, 6) is 2.23. The van der Waals surface area contributed by atoms with Gasteiger partial charge in [0.2, 0.25) is 0 Å². The Morgan fingerprint density at radius 1 is 1.05 bits per heavy atom. The second kappa shape index (κ2) is 8.48. The molecule has 1 aromatic rings. The van der Waals surface area contributed by atoms with E-state index in [1.54, 1.807) is 21.3 Å². The van der Waals surface area contributed by atoms with Gasteiger partial charge in [0.1, 0.15) is 17.2 Å². The van der Waals surface area contributed by atoms with Crippen molar-refractivity contribution in [3.8, 4) is 17.2 Å². The number of rotatable bonds is 8. The first kappa shape index (κ1) is 16.4. The molecule has 0 saturated carbocycles. The fourth-order valence-electron chi connectivity index (χ4n) is 1.94. The molecule has 0 saturated heterocycles. The Morgan fingerprint density at radius 2 is 1.65 bits per heavy atom. The smallest absolute Gasteiger partial charge is 0.133 e. The van der Waals surface area contributed by atoms with Crippen LogP contribution in [0.5, 0.6) is 17.2 Å². The van der Waals surface area contributed by atoms with E-state index in [2.05, 4.69) is 25.2 Å². The molecule has 0 unspecified atom stereocenters. The summed E-state index contributed by atoms with van der Waals surface area (Å²) >= 11 is 0. The van der Waals surface area contributed by atoms with E-state index < -0.39 is 0 Å². The van der Waals surface area contributed by atoms with Crippen LogP contribution in [0.2, 0.25) is 0 Å². The van der Waals surface area contributed by atoms with Crippen molar-refractivity contribution in [1.82, 2.24) is 5.32 Å². The third-order valence-electron chi connectivity index (χ3n) is 3.16. The summed E-state index contributed by atoms with van der Waals surface area (Å²) in [5.41, 5.74) is 2.25. The highest BCUT2D eigenvalue weighted by Gasteiger charge is 2.11. The topological polar surface area (TPSA) is 39.7 Å². The standard InChI is InChI=1S/C16H25NO3/c1-6-12(11-17-7-2)8-14-15(19-4)9-13(18-3)10-16(14)20-5/h8-10,17H,6-7,11H2,1-5H3. The fraction of sp³-hybridized carbons (Fsp3) is 0.500. The number of ether oxygens (including phenoxy) is 3. The maximum atomic E-state index is 5.46. The van der Waals surface area contributed by atoms with Gasteiger partial charge in [0.25, 0.3) is 0 Å². The summed E-state index contributed by atoms with van der Waals surface area (Å²) in [5, 5.41) is 3.34. The minimum absolute atomic E-state index is 0.723. The zero-order chi connectivity index (χ0) is 15.0. The first-order valence-corrected chi connectivity index (χ1v) is 6.90. The number of likely N-dealkylation sites (N-methyl/N-ethyl adjacent to an activating group) is 1. The number of nitrogens with one attached hydrogen (secondary N) is 1. The Bertz CT molecular complexity index is 430. The molecule has 0 fully saturated rings. The van der Waals surface area contributed by atoms with Gasteiger partial charge in [0.15, 0.2) is 0 Å². The predicted molar refractivity (Wildman–Crippen MR) is 82.9 cm³/mol. The van der Waals surface area contributed by atoms with E-state index >= 15 is 0 Å². The van der Waals surface area contributed by atoms with Gasteiger partial charge in [-0.3, -0.25) is 0 Å². The first-order valence-electron chi connectivity index (χ1n) is 6.90. The van der Waals surface area contributed by atoms with Crippen LogP contribution in [-0.2, 0) is 0 Å². The van der Waals surface area contributed by atoms with Gasteiger partial charge >= 0.3 is 0 Å². The molecule has 0 spiro atoms. The second-order valence-corrected chi connectivity index (χ2v) is 4.38. The van der Waals surface area contributed by atoms with Crippen LogP contribution in [0, 0.1) is 0 Å².